The first-order chi connectivity index (χ1) is 5.50. The van der Waals surface area contributed by atoms with Gasteiger partial charge in [-0.3, -0.25) is 4.79 Å². The van der Waals surface area contributed by atoms with Crippen molar-refractivity contribution in [3.8, 4) is 0 Å². The quantitative estimate of drug-likeness (QED) is 0.600. The molecule has 0 aliphatic rings. The third-order valence-electron chi connectivity index (χ3n) is 1.88. The highest BCUT2D eigenvalue weighted by molar-refractivity contribution is 5.77. The van der Waals surface area contributed by atoms with Gasteiger partial charge >= 0.3 is 5.97 Å². The summed E-state index contributed by atoms with van der Waals surface area (Å²) in [6.07, 6.45) is 3.37. The molecule has 0 unspecified atom stereocenters. The molecule has 0 aromatic rings. The Hall–Kier alpha value is -0.570. The van der Waals surface area contributed by atoms with Crippen molar-refractivity contribution in [3.63, 3.8) is 0 Å². The van der Waals surface area contributed by atoms with Crippen LogP contribution in [0.25, 0.3) is 0 Å². The van der Waals surface area contributed by atoms with Gasteiger partial charge in [0.2, 0.25) is 0 Å². The average Bonchev–Trinajstić information content (AvgIpc) is 1.98. The molecule has 0 aromatic heterocycles. The molecular formula is C9H19NO2. The zero-order chi connectivity index (χ0) is 9.61. The summed E-state index contributed by atoms with van der Waals surface area (Å²) in [6, 6.07) is 0. The number of rotatable bonds is 6. The number of hydrogen-bond donors (Lipinski definition) is 2. The van der Waals surface area contributed by atoms with Gasteiger partial charge in [-0.05, 0) is 26.8 Å². The molecule has 0 aliphatic heterocycles. The van der Waals surface area contributed by atoms with Crippen molar-refractivity contribution in [2.45, 2.75) is 45.6 Å². The molecule has 0 amide bonds. The number of carboxylic acid groups (broad SMARTS) is 1. The van der Waals surface area contributed by atoms with Crippen LogP contribution in [0.2, 0.25) is 0 Å². The van der Waals surface area contributed by atoms with Gasteiger partial charge in [0.15, 0.2) is 0 Å². The second kappa shape index (κ2) is 5.14. The predicted molar refractivity (Wildman–Crippen MR) is 49.2 cm³/mol. The normalized spacial score (nSPS) is 11.6. The summed E-state index contributed by atoms with van der Waals surface area (Å²) in [7, 11) is 0. The molecule has 0 rings (SSSR count). The van der Waals surface area contributed by atoms with Crippen LogP contribution in [-0.4, -0.2) is 23.2 Å². The van der Waals surface area contributed by atoms with E-state index in [1.807, 2.05) is 0 Å². The van der Waals surface area contributed by atoms with E-state index in [1.165, 1.54) is 0 Å². The highest BCUT2D eigenvalue weighted by atomic mass is 16.4. The van der Waals surface area contributed by atoms with E-state index in [-0.39, 0.29) is 0 Å². The van der Waals surface area contributed by atoms with Crippen LogP contribution in [0.5, 0.6) is 0 Å². The summed E-state index contributed by atoms with van der Waals surface area (Å²) >= 11 is 0. The summed E-state index contributed by atoms with van der Waals surface area (Å²) in [5, 5.41) is 11.7. The van der Waals surface area contributed by atoms with Crippen molar-refractivity contribution < 1.29 is 9.90 Å². The predicted octanol–water partition coefficient (Wildman–Crippen LogP) is 1.63. The first kappa shape index (κ1) is 11.4. The number of unbranched alkanes of at least 4 members (excludes halogenated alkanes) is 2. The molecule has 3 nitrogen and oxygen atoms in total. The monoisotopic (exact) mass is 173 g/mol. The molecule has 0 aromatic carbocycles. The van der Waals surface area contributed by atoms with E-state index in [0.717, 1.165) is 25.8 Å². The summed E-state index contributed by atoms with van der Waals surface area (Å²) in [4.78, 5) is 10.6. The zero-order valence-corrected chi connectivity index (χ0v) is 8.18. The van der Waals surface area contributed by atoms with Crippen LogP contribution in [-0.2, 0) is 4.79 Å². The fourth-order valence-electron chi connectivity index (χ4n) is 0.852. The molecule has 0 radical (unpaired) electrons. The van der Waals surface area contributed by atoms with Gasteiger partial charge < -0.3 is 10.4 Å². The van der Waals surface area contributed by atoms with E-state index in [4.69, 9.17) is 5.11 Å². The Morgan fingerprint density at radius 2 is 2.00 bits per heavy atom. The maximum absolute atomic E-state index is 10.6. The molecule has 3 heteroatoms. The lowest BCUT2D eigenvalue weighted by Gasteiger charge is -2.20. The lowest BCUT2D eigenvalue weighted by atomic mass is 10.1. The molecule has 0 saturated heterocycles. The topological polar surface area (TPSA) is 49.3 Å². The molecule has 2 N–H and O–H groups in total. The number of hydrogen-bond acceptors (Lipinski definition) is 2. The van der Waals surface area contributed by atoms with Crippen molar-refractivity contribution >= 4 is 5.97 Å². The van der Waals surface area contributed by atoms with Gasteiger partial charge in [0.25, 0.3) is 0 Å². The Labute approximate surface area is 74.2 Å². The Bertz CT molecular complexity index is 143. The molecule has 0 bridgehead atoms. The third-order valence-corrected chi connectivity index (χ3v) is 1.88. The van der Waals surface area contributed by atoms with Crippen molar-refractivity contribution in [2.75, 3.05) is 6.54 Å². The number of carbonyl (C=O) groups is 1. The van der Waals surface area contributed by atoms with Crippen LogP contribution in [0.1, 0.15) is 40.0 Å². The molecular weight excluding hydrogens is 154 g/mol. The minimum atomic E-state index is -0.793. The Kier molecular flexibility index (Phi) is 4.90. The van der Waals surface area contributed by atoms with E-state index < -0.39 is 11.5 Å². The highest BCUT2D eigenvalue weighted by Crippen LogP contribution is 2.02. The van der Waals surface area contributed by atoms with Crippen LogP contribution in [0, 0.1) is 0 Å². The molecule has 0 atom stereocenters. The summed E-state index contributed by atoms with van der Waals surface area (Å²) in [5.41, 5.74) is -0.784. The molecule has 12 heavy (non-hydrogen) atoms. The van der Waals surface area contributed by atoms with Crippen molar-refractivity contribution in [1.29, 1.82) is 0 Å². The molecule has 0 heterocycles. The fraction of sp³-hybridized carbons (Fsp3) is 0.889. The molecule has 72 valence electrons. The van der Waals surface area contributed by atoms with E-state index in [2.05, 4.69) is 12.2 Å². The standard InChI is InChI=1S/C9H19NO2/c1-4-5-6-7-10-9(2,3)8(11)12/h10H,4-7H2,1-3H3,(H,11,12). The fourth-order valence-corrected chi connectivity index (χ4v) is 0.852. The van der Waals surface area contributed by atoms with E-state index in [0.29, 0.717) is 0 Å². The Morgan fingerprint density at radius 3 is 2.42 bits per heavy atom. The lowest BCUT2D eigenvalue weighted by Crippen LogP contribution is -2.46. The van der Waals surface area contributed by atoms with Crippen LogP contribution < -0.4 is 5.32 Å². The van der Waals surface area contributed by atoms with Crippen LogP contribution in [0.4, 0.5) is 0 Å². The first-order valence-electron chi connectivity index (χ1n) is 4.49. The van der Waals surface area contributed by atoms with E-state index >= 15 is 0 Å². The zero-order valence-electron chi connectivity index (χ0n) is 8.18. The van der Waals surface area contributed by atoms with Crippen LogP contribution in [0.15, 0.2) is 0 Å². The second-order valence-electron chi connectivity index (χ2n) is 3.56. The molecule has 0 aliphatic carbocycles. The van der Waals surface area contributed by atoms with Gasteiger partial charge in [-0.1, -0.05) is 19.8 Å². The van der Waals surface area contributed by atoms with Crippen LogP contribution >= 0.6 is 0 Å². The van der Waals surface area contributed by atoms with Crippen molar-refractivity contribution in [2.24, 2.45) is 0 Å². The lowest BCUT2D eigenvalue weighted by molar-refractivity contribution is -0.143. The maximum Gasteiger partial charge on any atom is 0.323 e. The largest absolute Gasteiger partial charge is 0.480 e. The van der Waals surface area contributed by atoms with Gasteiger partial charge in [0.05, 0.1) is 0 Å². The molecule has 0 spiro atoms. The second-order valence-corrected chi connectivity index (χ2v) is 3.56. The van der Waals surface area contributed by atoms with Crippen molar-refractivity contribution in [3.05, 3.63) is 0 Å². The van der Waals surface area contributed by atoms with E-state index in [1.54, 1.807) is 13.8 Å². The van der Waals surface area contributed by atoms with E-state index in [9.17, 15) is 4.79 Å². The SMILES string of the molecule is CCCCCNC(C)(C)C(=O)O. The van der Waals surface area contributed by atoms with Gasteiger partial charge in [-0.25, -0.2) is 0 Å². The Balaban J connectivity index is 3.54. The van der Waals surface area contributed by atoms with Crippen LogP contribution in [0.3, 0.4) is 0 Å². The minimum absolute atomic E-state index is 0.784. The summed E-state index contributed by atoms with van der Waals surface area (Å²) in [5.74, 6) is -0.793. The van der Waals surface area contributed by atoms with Gasteiger partial charge in [-0.15, -0.1) is 0 Å². The third kappa shape index (κ3) is 4.34. The number of nitrogens with one attached hydrogen (secondary N) is 1. The average molecular weight is 173 g/mol. The minimum Gasteiger partial charge on any atom is -0.480 e. The number of aliphatic carboxylic acids is 1. The van der Waals surface area contributed by atoms with Gasteiger partial charge in [0.1, 0.15) is 5.54 Å². The van der Waals surface area contributed by atoms with Gasteiger partial charge in [0, 0.05) is 0 Å². The van der Waals surface area contributed by atoms with Crippen molar-refractivity contribution in [1.82, 2.24) is 5.32 Å². The summed E-state index contributed by atoms with van der Waals surface area (Å²) in [6.45, 7) is 6.28. The molecule has 0 saturated carbocycles. The summed E-state index contributed by atoms with van der Waals surface area (Å²) < 4.78 is 0. The highest BCUT2D eigenvalue weighted by Gasteiger charge is 2.25. The first-order valence-corrected chi connectivity index (χ1v) is 4.49. The molecule has 0 fully saturated rings. The smallest absolute Gasteiger partial charge is 0.323 e. The maximum atomic E-state index is 10.6. The Morgan fingerprint density at radius 1 is 1.42 bits per heavy atom. The number of carboxylic acids is 1. The van der Waals surface area contributed by atoms with Gasteiger partial charge in [-0.2, -0.15) is 0 Å².